The Morgan fingerprint density at radius 1 is 0.960 bits per heavy atom. The highest BCUT2D eigenvalue weighted by Gasteiger charge is 2.46. The molecule has 1 amide bonds. The second-order valence-corrected chi connectivity index (χ2v) is 6.83. The number of aromatic hydroxyl groups is 1. The first kappa shape index (κ1) is 15.9. The van der Waals surface area contributed by atoms with Crippen LogP contribution >= 0.6 is 0 Å². The monoisotopic (exact) mass is 340 g/mol. The van der Waals surface area contributed by atoms with Crippen molar-refractivity contribution in [1.29, 1.82) is 0 Å². The van der Waals surface area contributed by atoms with Crippen LogP contribution < -0.4 is 4.90 Å². The van der Waals surface area contributed by atoms with Gasteiger partial charge in [0.1, 0.15) is 11.6 Å². The number of rotatable bonds is 3. The molecule has 2 atom stereocenters. The molecule has 2 aromatic carbocycles. The highest BCUT2D eigenvalue weighted by atomic mass is 19.1. The number of carbonyl (C=O) groups is 1. The van der Waals surface area contributed by atoms with Gasteiger partial charge in [0.2, 0.25) is 5.91 Å². The van der Waals surface area contributed by atoms with Crippen LogP contribution in [0.3, 0.4) is 0 Å². The minimum atomic E-state index is -0.238. The molecule has 0 spiro atoms. The first-order chi connectivity index (χ1) is 12.1. The van der Waals surface area contributed by atoms with Gasteiger partial charge < -0.3 is 14.9 Å². The van der Waals surface area contributed by atoms with Crippen molar-refractivity contribution in [3.63, 3.8) is 0 Å². The van der Waals surface area contributed by atoms with Crippen LogP contribution in [0.5, 0.6) is 5.75 Å². The molecule has 2 fully saturated rings. The Balaban J connectivity index is 1.33. The van der Waals surface area contributed by atoms with Crippen LogP contribution in [0.2, 0.25) is 0 Å². The second kappa shape index (κ2) is 6.39. The zero-order valence-corrected chi connectivity index (χ0v) is 13.9. The summed E-state index contributed by atoms with van der Waals surface area (Å²) in [5.74, 6) is 0.532. The van der Waals surface area contributed by atoms with Gasteiger partial charge >= 0.3 is 0 Å². The SMILES string of the molecule is O=C([C@@H]1C[C@H]1c1ccc(F)cc1)N1CCN(c2ccc(O)cc2)CC1. The first-order valence-corrected chi connectivity index (χ1v) is 8.70. The number of benzene rings is 2. The maximum atomic E-state index is 13.0. The average Bonchev–Trinajstić information content (AvgIpc) is 3.43. The lowest BCUT2D eigenvalue weighted by atomic mass is 10.1. The van der Waals surface area contributed by atoms with Gasteiger partial charge in [0.25, 0.3) is 0 Å². The van der Waals surface area contributed by atoms with Gasteiger partial charge in [-0.05, 0) is 54.3 Å². The molecule has 4 rings (SSSR count). The van der Waals surface area contributed by atoms with Crippen LogP contribution in [0.4, 0.5) is 10.1 Å². The molecule has 0 bridgehead atoms. The van der Waals surface area contributed by atoms with E-state index in [0.717, 1.165) is 30.8 Å². The largest absolute Gasteiger partial charge is 0.508 e. The van der Waals surface area contributed by atoms with Crippen molar-refractivity contribution >= 4 is 11.6 Å². The fourth-order valence-electron chi connectivity index (χ4n) is 3.63. The fraction of sp³-hybridized carbons (Fsp3) is 0.350. The van der Waals surface area contributed by atoms with E-state index in [1.54, 1.807) is 24.3 Å². The molecular formula is C20H21FN2O2. The van der Waals surface area contributed by atoms with Gasteiger partial charge in [-0.2, -0.15) is 0 Å². The quantitative estimate of drug-likeness (QED) is 0.934. The van der Waals surface area contributed by atoms with E-state index >= 15 is 0 Å². The summed E-state index contributed by atoms with van der Waals surface area (Å²) < 4.78 is 13.0. The van der Waals surface area contributed by atoms with Crippen molar-refractivity contribution in [2.24, 2.45) is 5.92 Å². The molecule has 1 aliphatic heterocycles. The molecule has 1 aliphatic carbocycles. The van der Waals surface area contributed by atoms with E-state index in [0.29, 0.717) is 13.1 Å². The third-order valence-corrected chi connectivity index (χ3v) is 5.21. The van der Waals surface area contributed by atoms with Crippen molar-refractivity contribution in [2.45, 2.75) is 12.3 Å². The molecule has 1 N–H and O–H groups in total. The van der Waals surface area contributed by atoms with Crippen LogP contribution in [0, 0.1) is 11.7 Å². The predicted molar refractivity (Wildman–Crippen MR) is 94.1 cm³/mol. The molecule has 2 aromatic rings. The third-order valence-electron chi connectivity index (χ3n) is 5.21. The number of anilines is 1. The number of nitrogens with zero attached hydrogens (tertiary/aromatic N) is 2. The first-order valence-electron chi connectivity index (χ1n) is 8.70. The molecule has 4 nitrogen and oxygen atoms in total. The number of amides is 1. The molecule has 5 heteroatoms. The fourth-order valence-corrected chi connectivity index (χ4v) is 3.63. The molecule has 25 heavy (non-hydrogen) atoms. The standard InChI is InChI=1S/C20H21FN2O2/c21-15-3-1-14(2-4-15)18-13-19(18)20(25)23-11-9-22(10-12-23)16-5-7-17(24)8-6-16/h1-8,18-19,24H,9-13H2/t18-,19+/m0/s1. The number of piperazine rings is 1. The van der Waals surface area contributed by atoms with E-state index in [4.69, 9.17) is 0 Å². The van der Waals surface area contributed by atoms with Gasteiger partial charge in [-0.15, -0.1) is 0 Å². The van der Waals surface area contributed by atoms with Crippen LogP contribution in [0.1, 0.15) is 17.9 Å². The van der Waals surface area contributed by atoms with Crippen molar-refractivity contribution in [3.05, 3.63) is 59.9 Å². The molecule has 0 aromatic heterocycles. The van der Waals surface area contributed by atoms with E-state index in [1.165, 1.54) is 12.1 Å². The molecule has 1 saturated heterocycles. The van der Waals surface area contributed by atoms with Crippen molar-refractivity contribution in [1.82, 2.24) is 4.90 Å². The van der Waals surface area contributed by atoms with E-state index in [2.05, 4.69) is 4.90 Å². The Labute approximate surface area is 146 Å². The minimum absolute atomic E-state index is 0.0469. The number of halogens is 1. The van der Waals surface area contributed by atoms with Gasteiger partial charge in [-0.3, -0.25) is 4.79 Å². The summed E-state index contributed by atoms with van der Waals surface area (Å²) in [6, 6.07) is 13.7. The van der Waals surface area contributed by atoms with Gasteiger partial charge in [0.15, 0.2) is 0 Å². The molecule has 2 aliphatic rings. The summed E-state index contributed by atoms with van der Waals surface area (Å²) in [5.41, 5.74) is 2.13. The number of phenolic OH excluding ortho intramolecular Hbond substituents is 1. The van der Waals surface area contributed by atoms with Gasteiger partial charge in [-0.25, -0.2) is 4.39 Å². The molecule has 1 heterocycles. The van der Waals surface area contributed by atoms with Crippen LogP contribution in [-0.2, 0) is 4.79 Å². The number of phenols is 1. The van der Waals surface area contributed by atoms with Gasteiger partial charge in [-0.1, -0.05) is 12.1 Å². The summed E-state index contributed by atoms with van der Waals surface area (Å²) in [6.07, 6.45) is 0.864. The summed E-state index contributed by atoms with van der Waals surface area (Å²) in [5, 5.41) is 9.38. The van der Waals surface area contributed by atoms with E-state index < -0.39 is 0 Å². The summed E-state index contributed by atoms with van der Waals surface area (Å²) in [4.78, 5) is 16.9. The van der Waals surface area contributed by atoms with Gasteiger partial charge in [0, 0.05) is 37.8 Å². The average molecular weight is 340 g/mol. The topological polar surface area (TPSA) is 43.8 Å². The van der Waals surface area contributed by atoms with Crippen molar-refractivity contribution in [2.75, 3.05) is 31.1 Å². The Morgan fingerprint density at radius 2 is 1.60 bits per heavy atom. The highest BCUT2D eigenvalue weighted by Crippen LogP contribution is 2.48. The second-order valence-electron chi connectivity index (χ2n) is 6.83. The lowest BCUT2D eigenvalue weighted by Gasteiger charge is -2.36. The Bertz CT molecular complexity index is 752. The van der Waals surface area contributed by atoms with Crippen LogP contribution in [0.25, 0.3) is 0 Å². The normalized spacial score (nSPS) is 22.8. The summed E-state index contributed by atoms with van der Waals surface area (Å²) in [6.45, 7) is 3.02. The number of hydrogen-bond donors (Lipinski definition) is 1. The molecule has 1 saturated carbocycles. The van der Waals surface area contributed by atoms with Crippen LogP contribution in [-0.4, -0.2) is 42.1 Å². The Kier molecular flexibility index (Phi) is 4.07. The van der Waals surface area contributed by atoms with Crippen LogP contribution in [0.15, 0.2) is 48.5 Å². The Hall–Kier alpha value is -2.56. The van der Waals surface area contributed by atoms with Crippen molar-refractivity contribution < 1.29 is 14.3 Å². The van der Waals surface area contributed by atoms with E-state index in [1.807, 2.05) is 17.0 Å². The number of carbonyl (C=O) groups excluding carboxylic acids is 1. The highest BCUT2D eigenvalue weighted by molar-refractivity contribution is 5.83. The summed E-state index contributed by atoms with van der Waals surface area (Å²) >= 11 is 0. The van der Waals surface area contributed by atoms with Gasteiger partial charge in [0.05, 0.1) is 0 Å². The molecule has 0 radical (unpaired) electrons. The maximum Gasteiger partial charge on any atom is 0.226 e. The predicted octanol–water partition coefficient (Wildman–Crippen LogP) is 2.98. The minimum Gasteiger partial charge on any atom is -0.508 e. The maximum absolute atomic E-state index is 13.0. The molecule has 0 unspecified atom stereocenters. The molecular weight excluding hydrogens is 319 g/mol. The number of hydrogen-bond acceptors (Lipinski definition) is 3. The zero-order valence-electron chi connectivity index (χ0n) is 13.9. The lowest BCUT2D eigenvalue weighted by Crippen LogP contribution is -2.49. The van der Waals surface area contributed by atoms with E-state index in [-0.39, 0.29) is 29.3 Å². The van der Waals surface area contributed by atoms with Crippen molar-refractivity contribution in [3.8, 4) is 5.75 Å². The molecule has 130 valence electrons. The Morgan fingerprint density at radius 3 is 2.24 bits per heavy atom. The van der Waals surface area contributed by atoms with E-state index in [9.17, 15) is 14.3 Å². The zero-order chi connectivity index (χ0) is 17.4. The third kappa shape index (κ3) is 3.31. The summed E-state index contributed by atoms with van der Waals surface area (Å²) in [7, 11) is 0. The lowest BCUT2D eigenvalue weighted by molar-refractivity contribution is -0.132. The smallest absolute Gasteiger partial charge is 0.226 e.